The van der Waals surface area contributed by atoms with Crippen molar-refractivity contribution in [2.45, 2.75) is 6.92 Å². The van der Waals surface area contributed by atoms with E-state index in [1.165, 1.54) is 24.3 Å². The van der Waals surface area contributed by atoms with E-state index in [0.29, 0.717) is 16.8 Å². The largest absolute Gasteiger partial charge is 0.321 e. The molecular formula is C17H15FN2O. The second-order valence-corrected chi connectivity index (χ2v) is 4.52. The first-order valence-corrected chi connectivity index (χ1v) is 6.46. The fraction of sp³-hybridized carbons (Fsp3) is 0.118. The van der Waals surface area contributed by atoms with Crippen LogP contribution in [-0.2, 0) is 0 Å². The van der Waals surface area contributed by atoms with Crippen LogP contribution in [0.1, 0.15) is 21.5 Å². The van der Waals surface area contributed by atoms with E-state index < -0.39 is 0 Å². The third-order valence-corrected chi connectivity index (χ3v) is 2.85. The molecule has 0 bridgehead atoms. The topological polar surface area (TPSA) is 55.1 Å². The first-order chi connectivity index (χ1) is 10.1. The Morgan fingerprint density at radius 2 is 1.95 bits per heavy atom. The van der Waals surface area contributed by atoms with Crippen LogP contribution >= 0.6 is 0 Å². The Morgan fingerprint density at radius 3 is 2.62 bits per heavy atom. The smallest absolute Gasteiger partial charge is 0.255 e. The third-order valence-electron chi connectivity index (χ3n) is 2.85. The van der Waals surface area contributed by atoms with Crippen molar-refractivity contribution in [3.8, 4) is 11.8 Å². The molecule has 106 valence electrons. The number of nitrogens with one attached hydrogen (secondary N) is 1. The molecule has 2 aromatic carbocycles. The highest BCUT2D eigenvalue weighted by atomic mass is 19.1. The second-order valence-electron chi connectivity index (χ2n) is 4.52. The van der Waals surface area contributed by atoms with Crippen LogP contribution in [0.4, 0.5) is 10.1 Å². The first-order valence-electron chi connectivity index (χ1n) is 6.46. The molecule has 0 aliphatic rings. The number of hydrogen-bond acceptors (Lipinski definition) is 2. The van der Waals surface area contributed by atoms with E-state index in [-0.39, 0.29) is 18.3 Å². The van der Waals surface area contributed by atoms with Gasteiger partial charge in [-0.15, -0.1) is 0 Å². The second kappa shape index (κ2) is 6.69. The minimum atomic E-state index is -0.378. The standard InChI is InChI=1S/C17H15FN2O/c1-12-4-5-13(3-2-10-19)16(11-12)20-17(21)14-6-8-15(18)9-7-14/h4-9,11H,10,19H2,1H3,(H,20,21). The minimum absolute atomic E-state index is 0.249. The van der Waals surface area contributed by atoms with Gasteiger partial charge in [-0.3, -0.25) is 4.79 Å². The number of amides is 1. The molecule has 0 aromatic heterocycles. The third kappa shape index (κ3) is 3.91. The summed E-state index contributed by atoms with van der Waals surface area (Å²) < 4.78 is 12.9. The van der Waals surface area contributed by atoms with Gasteiger partial charge < -0.3 is 11.1 Å². The zero-order chi connectivity index (χ0) is 15.2. The number of nitrogens with two attached hydrogens (primary N) is 1. The molecule has 1 amide bonds. The maximum Gasteiger partial charge on any atom is 0.255 e. The van der Waals surface area contributed by atoms with Crippen LogP contribution in [-0.4, -0.2) is 12.5 Å². The SMILES string of the molecule is Cc1ccc(C#CCN)c(NC(=O)c2ccc(F)cc2)c1. The van der Waals surface area contributed by atoms with Gasteiger partial charge >= 0.3 is 0 Å². The summed E-state index contributed by atoms with van der Waals surface area (Å²) in [6.07, 6.45) is 0. The minimum Gasteiger partial charge on any atom is -0.321 e. The Morgan fingerprint density at radius 1 is 1.24 bits per heavy atom. The highest BCUT2D eigenvalue weighted by molar-refractivity contribution is 6.04. The van der Waals surface area contributed by atoms with Crippen molar-refractivity contribution in [3.63, 3.8) is 0 Å². The molecule has 0 fully saturated rings. The first kappa shape index (κ1) is 14.8. The Balaban J connectivity index is 2.27. The molecule has 3 nitrogen and oxygen atoms in total. The van der Waals surface area contributed by atoms with Crippen molar-refractivity contribution in [1.82, 2.24) is 0 Å². The van der Waals surface area contributed by atoms with Crippen LogP contribution in [0.2, 0.25) is 0 Å². The van der Waals surface area contributed by atoms with Crippen LogP contribution in [0.5, 0.6) is 0 Å². The van der Waals surface area contributed by atoms with E-state index in [2.05, 4.69) is 17.2 Å². The molecule has 3 N–H and O–H groups in total. The zero-order valence-corrected chi connectivity index (χ0v) is 11.6. The number of carbonyl (C=O) groups is 1. The molecule has 0 saturated carbocycles. The summed E-state index contributed by atoms with van der Waals surface area (Å²) in [5.41, 5.74) is 8.07. The van der Waals surface area contributed by atoms with Gasteiger partial charge in [0.15, 0.2) is 0 Å². The van der Waals surface area contributed by atoms with Crippen molar-refractivity contribution in [3.05, 3.63) is 65.0 Å². The molecule has 2 rings (SSSR count). The van der Waals surface area contributed by atoms with E-state index in [1.807, 2.05) is 25.1 Å². The summed E-state index contributed by atoms with van der Waals surface area (Å²) in [4.78, 5) is 12.2. The Kier molecular flexibility index (Phi) is 4.70. The maximum absolute atomic E-state index is 12.9. The molecule has 0 saturated heterocycles. The Bertz CT molecular complexity index is 712. The lowest BCUT2D eigenvalue weighted by molar-refractivity contribution is 0.102. The predicted molar refractivity (Wildman–Crippen MR) is 81.5 cm³/mol. The molecule has 0 heterocycles. The van der Waals surface area contributed by atoms with Crippen molar-refractivity contribution in [2.75, 3.05) is 11.9 Å². The van der Waals surface area contributed by atoms with Crippen LogP contribution in [0.3, 0.4) is 0 Å². The average molecular weight is 282 g/mol. The van der Waals surface area contributed by atoms with E-state index in [0.717, 1.165) is 5.56 Å². The van der Waals surface area contributed by atoms with Gasteiger partial charge in [0.1, 0.15) is 5.82 Å². The van der Waals surface area contributed by atoms with Crippen molar-refractivity contribution in [2.24, 2.45) is 5.73 Å². The lowest BCUT2D eigenvalue weighted by atomic mass is 10.1. The number of hydrogen-bond donors (Lipinski definition) is 2. The molecule has 2 aromatic rings. The Hall–Kier alpha value is -2.64. The van der Waals surface area contributed by atoms with Crippen molar-refractivity contribution in [1.29, 1.82) is 0 Å². The van der Waals surface area contributed by atoms with Gasteiger partial charge in [-0.2, -0.15) is 0 Å². The van der Waals surface area contributed by atoms with Crippen LogP contribution in [0.25, 0.3) is 0 Å². The van der Waals surface area contributed by atoms with E-state index in [1.54, 1.807) is 0 Å². The molecule has 0 unspecified atom stereocenters. The van der Waals surface area contributed by atoms with Crippen LogP contribution in [0.15, 0.2) is 42.5 Å². The summed E-state index contributed by atoms with van der Waals surface area (Å²) in [6, 6.07) is 11.0. The highest BCUT2D eigenvalue weighted by Gasteiger charge is 2.08. The maximum atomic E-state index is 12.9. The molecule has 0 aliphatic heterocycles. The van der Waals surface area contributed by atoms with Gasteiger partial charge in [-0.05, 0) is 48.9 Å². The molecule has 21 heavy (non-hydrogen) atoms. The number of rotatable bonds is 2. The number of carbonyl (C=O) groups excluding carboxylic acids is 1. The van der Waals surface area contributed by atoms with Crippen LogP contribution < -0.4 is 11.1 Å². The molecule has 0 radical (unpaired) electrons. The molecule has 0 aliphatic carbocycles. The quantitative estimate of drug-likeness (QED) is 0.832. The van der Waals surface area contributed by atoms with E-state index in [4.69, 9.17) is 5.73 Å². The highest BCUT2D eigenvalue weighted by Crippen LogP contribution is 2.18. The normalized spacial score (nSPS) is 9.67. The van der Waals surface area contributed by atoms with E-state index in [9.17, 15) is 9.18 Å². The Labute approximate surface area is 123 Å². The fourth-order valence-electron chi connectivity index (χ4n) is 1.81. The zero-order valence-electron chi connectivity index (χ0n) is 11.6. The summed E-state index contributed by atoms with van der Waals surface area (Å²) in [5, 5.41) is 2.79. The van der Waals surface area contributed by atoms with Gasteiger partial charge in [0.25, 0.3) is 5.91 Å². The summed E-state index contributed by atoms with van der Waals surface area (Å²) in [7, 11) is 0. The van der Waals surface area contributed by atoms with Crippen molar-refractivity contribution >= 4 is 11.6 Å². The molecular weight excluding hydrogens is 267 g/mol. The molecule has 0 atom stereocenters. The lowest BCUT2D eigenvalue weighted by Gasteiger charge is -2.09. The van der Waals surface area contributed by atoms with Crippen LogP contribution in [0, 0.1) is 24.6 Å². The number of anilines is 1. The number of aryl methyl sites for hydroxylation is 1. The van der Waals surface area contributed by atoms with Gasteiger partial charge in [-0.25, -0.2) is 4.39 Å². The van der Waals surface area contributed by atoms with E-state index >= 15 is 0 Å². The van der Waals surface area contributed by atoms with Gasteiger partial charge in [-0.1, -0.05) is 17.9 Å². The summed E-state index contributed by atoms with van der Waals surface area (Å²) in [5.74, 6) is 4.99. The average Bonchev–Trinajstić information content (AvgIpc) is 2.47. The number of benzene rings is 2. The molecule has 0 spiro atoms. The lowest BCUT2D eigenvalue weighted by Crippen LogP contribution is -2.13. The van der Waals surface area contributed by atoms with Gasteiger partial charge in [0.05, 0.1) is 12.2 Å². The van der Waals surface area contributed by atoms with Gasteiger partial charge in [0, 0.05) is 11.1 Å². The monoisotopic (exact) mass is 282 g/mol. The fourth-order valence-corrected chi connectivity index (χ4v) is 1.81. The van der Waals surface area contributed by atoms with Gasteiger partial charge in [0.2, 0.25) is 0 Å². The van der Waals surface area contributed by atoms with Crippen molar-refractivity contribution < 1.29 is 9.18 Å². The summed E-state index contributed by atoms with van der Waals surface area (Å²) in [6.45, 7) is 2.17. The summed E-state index contributed by atoms with van der Waals surface area (Å²) >= 11 is 0. The molecule has 4 heteroatoms. The number of halogens is 1. The predicted octanol–water partition coefficient (Wildman–Crippen LogP) is 2.70.